The summed E-state index contributed by atoms with van der Waals surface area (Å²) in [6.45, 7) is 0. The Kier molecular flexibility index (Phi) is 2.59. The van der Waals surface area contributed by atoms with E-state index < -0.39 is 0 Å². The van der Waals surface area contributed by atoms with E-state index in [1.807, 2.05) is 0 Å². The molecule has 0 aliphatic heterocycles. The first-order chi connectivity index (χ1) is 1.91. The minimum atomic E-state index is 0.542. The van der Waals surface area contributed by atoms with Crippen molar-refractivity contribution >= 4 is 17.3 Å². The lowest BCUT2D eigenvalue weighted by atomic mass is 11.8. The Bertz CT molecular complexity index is 21.2. The first-order valence-corrected chi connectivity index (χ1v) is 1.06. The highest BCUT2D eigenvalue weighted by atomic mass is 35.5. The normalized spacial score (nSPS) is 9.25. The Morgan fingerprint density at radius 1 is 2.00 bits per heavy atom. The van der Waals surface area contributed by atoms with Crippen molar-refractivity contribution < 1.29 is 9.83 Å². The van der Waals surface area contributed by atoms with Gasteiger partial charge in [0.25, 0.3) is 0 Å². The van der Waals surface area contributed by atoms with Crippen LogP contribution in [0.25, 0.3) is 0 Å². The first kappa shape index (κ1) is 3.76. The molecular formula is CHClO2. The molecule has 0 aromatic rings. The van der Waals surface area contributed by atoms with Gasteiger partial charge in [0.1, 0.15) is 0 Å². The quantitative estimate of drug-likeness (QED) is 0.124. The van der Waals surface area contributed by atoms with Crippen molar-refractivity contribution in [1.29, 1.82) is 0 Å². The van der Waals surface area contributed by atoms with Gasteiger partial charge in [0, 0.05) is 11.6 Å². The van der Waals surface area contributed by atoms with Gasteiger partial charge < -0.3 is 5.26 Å². The zero-order valence-electron chi connectivity index (χ0n) is 1.77. The highest BCUT2D eigenvalue weighted by Crippen LogP contribution is 1.45. The van der Waals surface area contributed by atoms with Gasteiger partial charge in [0.05, 0.1) is 0 Å². The molecule has 0 heterocycles. The highest BCUT2D eigenvalue weighted by Gasteiger charge is 1.51. The minimum absolute atomic E-state index is 0.542. The van der Waals surface area contributed by atoms with Gasteiger partial charge >= 0.3 is 5.75 Å². The summed E-state index contributed by atoms with van der Waals surface area (Å²) in [6.07, 6.45) is 0. The van der Waals surface area contributed by atoms with Gasteiger partial charge in [-0.3, -0.25) is 0 Å². The Hall–Kier alpha value is -0.240. The molecule has 0 aliphatic rings. The topological polar surface area (TPSA) is 34.4 Å². The van der Waals surface area contributed by atoms with E-state index in [0.29, 0.717) is 5.75 Å². The second-order valence-corrected chi connectivity index (χ2v) is 0.363. The third kappa shape index (κ3) is 1.76. The monoisotopic (exact) mass is 80.0 g/mol. The van der Waals surface area contributed by atoms with Crippen molar-refractivity contribution in [3.05, 3.63) is 0 Å². The molecule has 0 atom stereocenters. The molecule has 0 aromatic heterocycles. The lowest BCUT2D eigenvalue weighted by molar-refractivity contribution is -0.745. The first-order valence-electron chi connectivity index (χ1n) is 0.621. The molecule has 0 rings (SSSR count). The van der Waals surface area contributed by atoms with Crippen molar-refractivity contribution in [3.8, 4) is 0 Å². The van der Waals surface area contributed by atoms with Crippen LogP contribution in [0.15, 0.2) is 0 Å². The van der Waals surface area contributed by atoms with Crippen LogP contribution in [0.5, 0.6) is 0 Å². The van der Waals surface area contributed by atoms with Crippen LogP contribution >= 0.6 is 11.6 Å². The van der Waals surface area contributed by atoms with Crippen LogP contribution in [-0.4, -0.2) is 5.75 Å². The fraction of sp³-hybridized carbons (Fsp3) is 0. The van der Waals surface area contributed by atoms with Gasteiger partial charge in [-0.2, -0.15) is 4.58 Å². The summed E-state index contributed by atoms with van der Waals surface area (Å²) in [4.78, 5) is 0. The van der Waals surface area contributed by atoms with Crippen LogP contribution < -0.4 is 5.26 Å². The number of carbonyl (C=O) groups excluding carboxylic acids is 1. The number of hydrogen-bond acceptors (Lipinski definition) is 1. The van der Waals surface area contributed by atoms with Gasteiger partial charge in [-0.05, 0) is 0 Å². The van der Waals surface area contributed by atoms with Crippen molar-refractivity contribution in [2.45, 2.75) is 0 Å². The molecule has 0 N–H and O–H groups in total. The predicted octanol–water partition coefficient (Wildman–Crippen LogP) is -0.774. The van der Waals surface area contributed by atoms with Crippen LogP contribution in [0.4, 0.5) is 0 Å². The van der Waals surface area contributed by atoms with Crippen LogP contribution in [-0.2, 0) is 4.58 Å². The Morgan fingerprint density at radius 3 is 2.25 bits per heavy atom. The van der Waals surface area contributed by atoms with Gasteiger partial charge in [0.2, 0.25) is 0 Å². The van der Waals surface area contributed by atoms with E-state index in [1.165, 1.54) is 0 Å². The maximum Gasteiger partial charge on any atom is 0.410 e. The lowest BCUT2D eigenvalue weighted by Crippen LogP contribution is -1.91. The van der Waals surface area contributed by atoms with E-state index in [1.54, 1.807) is 0 Å². The van der Waals surface area contributed by atoms with Gasteiger partial charge in [-0.15, -0.1) is 0 Å². The van der Waals surface area contributed by atoms with E-state index in [2.05, 4.69) is 16.2 Å². The molecule has 0 unspecified atom stereocenters. The summed E-state index contributed by atoms with van der Waals surface area (Å²) >= 11 is 4.53. The van der Waals surface area contributed by atoms with Gasteiger partial charge in [-0.1, -0.05) is 0 Å². The van der Waals surface area contributed by atoms with Crippen LogP contribution in [0.1, 0.15) is 0 Å². The molecule has 0 saturated heterocycles. The summed E-state index contributed by atoms with van der Waals surface area (Å²) in [5.74, 6) is 0.542. The van der Waals surface area contributed by atoms with E-state index >= 15 is 0 Å². The SMILES string of the molecule is [O-][O+]=CCl. The van der Waals surface area contributed by atoms with E-state index in [-0.39, 0.29) is 0 Å². The summed E-state index contributed by atoms with van der Waals surface area (Å²) in [5, 5.41) is 8.61. The molecule has 0 radical (unpaired) electrons. The molecule has 0 fully saturated rings. The molecule has 0 aromatic carbocycles. The maximum absolute atomic E-state index is 8.61. The van der Waals surface area contributed by atoms with Crippen molar-refractivity contribution in [2.24, 2.45) is 0 Å². The van der Waals surface area contributed by atoms with E-state index in [9.17, 15) is 0 Å². The molecule has 0 spiro atoms. The zero-order valence-corrected chi connectivity index (χ0v) is 2.53. The molecular weight excluding hydrogens is 79.5 g/mol. The number of rotatable bonds is 0. The molecule has 0 bridgehead atoms. The van der Waals surface area contributed by atoms with Crippen LogP contribution in [0, 0.1) is 0 Å². The van der Waals surface area contributed by atoms with Crippen molar-refractivity contribution in [3.63, 3.8) is 0 Å². The molecule has 0 saturated carbocycles. The average Bonchev–Trinajstić information content (AvgIpc) is 1.37. The summed E-state index contributed by atoms with van der Waals surface area (Å²) in [6, 6.07) is 0. The van der Waals surface area contributed by atoms with Gasteiger partial charge in [0.15, 0.2) is 0 Å². The summed E-state index contributed by atoms with van der Waals surface area (Å²) < 4.78 is 2.93. The van der Waals surface area contributed by atoms with Crippen molar-refractivity contribution in [1.82, 2.24) is 0 Å². The maximum atomic E-state index is 8.61. The Balaban J connectivity index is 2.55. The highest BCUT2D eigenvalue weighted by molar-refractivity contribution is 6.54. The molecule has 3 heteroatoms. The molecule has 0 aliphatic carbocycles. The van der Waals surface area contributed by atoms with Crippen molar-refractivity contribution in [2.75, 3.05) is 0 Å². The molecule has 0 amide bonds. The third-order valence-electron chi connectivity index (χ3n) is 0.0364. The fourth-order valence-electron chi connectivity index (χ4n) is 0. The fourth-order valence-corrected chi connectivity index (χ4v) is 0. The molecule has 24 valence electrons. The number of halogens is 1. The molecule has 2 nitrogen and oxygen atoms in total. The average molecular weight is 80.5 g/mol. The van der Waals surface area contributed by atoms with Gasteiger partial charge in [-0.25, -0.2) is 0 Å². The smallest absolute Gasteiger partial charge is 0.410 e. The number of hydrogen-bond donors (Lipinski definition) is 0. The Labute approximate surface area is 28.2 Å². The standard InChI is InChI=1S/CHClO2/c2-1-4-3/h1H. The Morgan fingerprint density at radius 2 is 2.25 bits per heavy atom. The predicted molar refractivity (Wildman–Crippen MR) is 12.6 cm³/mol. The van der Waals surface area contributed by atoms with Crippen LogP contribution in [0.3, 0.4) is 0 Å². The largest absolute Gasteiger partial charge is 0.462 e. The third-order valence-corrected chi connectivity index (χ3v) is 0.109. The molecule has 4 heavy (non-hydrogen) atoms. The second-order valence-electron chi connectivity index (χ2n) is 0.185. The van der Waals surface area contributed by atoms with Crippen LogP contribution in [0.2, 0.25) is 0 Å². The van der Waals surface area contributed by atoms with E-state index in [0.717, 1.165) is 0 Å². The van der Waals surface area contributed by atoms with E-state index in [4.69, 9.17) is 5.26 Å². The lowest BCUT2D eigenvalue weighted by Gasteiger charge is -1.51. The summed E-state index contributed by atoms with van der Waals surface area (Å²) in [7, 11) is 0. The minimum Gasteiger partial charge on any atom is -0.462 e. The second kappa shape index (κ2) is 2.76. The zero-order chi connectivity index (χ0) is 3.41. The summed E-state index contributed by atoms with van der Waals surface area (Å²) in [5.41, 5.74) is 0.